The molecule has 1 saturated carbocycles. The molecule has 1 fully saturated rings. The van der Waals surface area contributed by atoms with Gasteiger partial charge >= 0.3 is 0 Å². The number of anilines is 1. The molecule has 0 atom stereocenters. The van der Waals surface area contributed by atoms with Crippen LogP contribution in [0.5, 0.6) is 0 Å². The number of hydrogen-bond donors (Lipinski definition) is 1. The molecule has 0 saturated heterocycles. The normalized spacial score (nSPS) is 17.1. The Bertz CT molecular complexity index is 490. The molecule has 3 nitrogen and oxygen atoms in total. The Kier molecular flexibility index (Phi) is 4.92. The van der Waals surface area contributed by atoms with Gasteiger partial charge in [0.25, 0.3) is 0 Å². The number of nitrogen functional groups attached to an aromatic ring is 1. The van der Waals surface area contributed by atoms with Crippen LogP contribution in [0.25, 0.3) is 0 Å². The van der Waals surface area contributed by atoms with Crippen molar-refractivity contribution in [1.82, 2.24) is 4.90 Å². The standard InChI is InChI=1S/C18H28N2O/c1-4-18(10-5-6-11-18)17(21)20(14(2)3)13-15-8-7-9-16(19)12-15/h7-9,12,14H,4-6,10-11,13,19H2,1-3H3. The van der Waals surface area contributed by atoms with E-state index >= 15 is 0 Å². The molecule has 0 spiro atoms. The van der Waals surface area contributed by atoms with Crippen LogP contribution in [0.2, 0.25) is 0 Å². The van der Waals surface area contributed by atoms with Crippen LogP contribution >= 0.6 is 0 Å². The topological polar surface area (TPSA) is 46.3 Å². The molecule has 1 amide bonds. The Balaban J connectivity index is 2.20. The average molecular weight is 288 g/mol. The third-order valence-corrected chi connectivity index (χ3v) is 4.88. The number of nitrogens with two attached hydrogens (primary N) is 1. The van der Waals surface area contributed by atoms with E-state index in [9.17, 15) is 4.79 Å². The molecule has 0 unspecified atom stereocenters. The van der Waals surface area contributed by atoms with Gasteiger partial charge in [-0.15, -0.1) is 0 Å². The summed E-state index contributed by atoms with van der Waals surface area (Å²) in [5.41, 5.74) is 7.61. The number of benzene rings is 1. The monoisotopic (exact) mass is 288 g/mol. The SMILES string of the molecule is CCC1(C(=O)N(Cc2cccc(N)c2)C(C)C)CCCC1. The minimum absolute atomic E-state index is 0.120. The number of hydrogen-bond acceptors (Lipinski definition) is 2. The van der Waals surface area contributed by atoms with Gasteiger partial charge in [0.1, 0.15) is 0 Å². The van der Waals surface area contributed by atoms with Crippen molar-refractivity contribution in [2.75, 3.05) is 5.73 Å². The summed E-state index contributed by atoms with van der Waals surface area (Å²) in [7, 11) is 0. The Morgan fingerprint density at radius 2 is 2.00 bits per heavy atom. The van der Waals surface area contributed by atoms with Crippen molar-refractivity contribution in [3.05, 3.63) is 29.8 Å². The molecule has 1 aliphatic rings. The molecule has 116 valence electrons. The lowest BCUT2D eigenvalue weighted by atomic mass is 9.81. The molecule has 21 heavy (non-hydrogen) atoms. The van der Waals surface area contributed by atoms with Crippen molar-refractivity contribution < 1.29 is 4.79 Å². The zero-order valence-corrected chi connectivity index (χ0v) is 13.6. The Hall–Kier alpha value is -1.51. The summed E-state index contributed by atoms with van der Waals surface area (Å²) in [6, 6.07) is 8.07. The average Bonchev–Trinajstić information content (AvgIpc) is 2.94. The van der Waals surface area contributed by atoms with Gasteiger partial charge in [-0.25, -0.2) is 0 Å². The first-order valence-electron chi connectivity index (χ1n) is 8.14. The first kappa shape index (κ1) is 15.9. The fourth-order valence-corrected chi connectivity index (χ4v) is 3.45. The highest BCUT2D eigenvalue weighted by Gasteiger charge is 2.42. The van der Waals surface area contributed by atoms with Gasteiger partial charge in [0.05, 0.1) is 0 Å². The van der Waals surface area contributed by atoms with E-state index in [0.29, 0.717) is 12.5 Å². The highest BCUT2D eigenvalue weighted by Crippen LogP contribution is 2.43. The lowest BCUT2D eigenvalue weighted by Crippen LogP contribution is -2.45. The molecule has 3 heteroatoms. The van der Waals surface area contributed by atoms with Crippen molar-refractivity contribution >= 4 is 11.6 Å². The molecule has 0 bridgehead atoms. The highest BCUT2D eigenvalue weighted by atomic mass is 16.2. The smallest absolute Gasteiger partial charge is 0.229 e. The summed E-state index contributed by atoms with van der Waals surface area (Å²) < 4.78 is 0. The fourth-order valence-electron chi connectivity index (χ4n) is 3.45. The van der Waals surface area contributed by atoms with E-state index in [1.807, 2.05) is 29.2 Å². The summed E-state index contributed by atoms with van der Waals surface area (Å²) in [6.07, 6.45) is 5.41. The maximum atomic E-state index is 13.1. The quantitative estimate of drug-likeness (QED) is 0.833. The number of amides is 1. The second-order valence-corrected chi connectivity index (χ2v) is 6.61. The van der Waals surface area contributed by atoms with E-state index in [1.54, 1.807) is 0 Å². The van der Waals surface area contributed by atoms with E-state index in [0.717, 1.165) is 30.5 Å². The van der Waals surface area contributed by atoms with Crippen LogP contribution in [0.4, 0.5) is 5.69 Å². The van der Waals surface area contributed by atoms with Gasteiger partial charge in [-0.05, 0) is 50.8 Å². The summed E-state index contributed by atoms with van der Waals surface area (Å²) in [5, 5.41) is 0. The Morgan fingerprint density at radius 1 is 1.33 bits per heavy atom. The van der Waals surface area contributed by atoms with Crippen LogP contribution in [-0.4, -0.2) is 16.8 Å². The lowest BCUT2D eigenvalue weighted by Gasteiger charge is -2.36. The molecule has 1 aromatic carbocycles. The number of rotatable bonds is 5. The van der Waals surface area contributed by atoms with Gasteiger partial charge in [0, 0.05) is 23.7 Å². The maximum absolute atomic E-state index is 13.1. The molecule has 1 aliphatic carbocycles. The number of nitrogens with zero attached hydrogens (tertiary/aromatic N) is 1. The zero-order valence-electron chi connectivity index (χ0n) is 13.6. The van der Waals surface area contributed by atoms with Crippen LogP contribution < -0.4 is 5.73 Å². The molecule has 1 aromatic rings. The van der Waals surface area contributed by atoms with Gasteiger partial charge in [0.2, 0.25) is 5.91 Å². The largest absolute Gasteiger partial charge is 0.399 e. The van der Waals surface area contributed by atoms with E-state index in [2.05, 4.69) is 20.8 Å². The van der Waals surface area contributed by atoms with Gasteiger partial charge < -0.3 is 10.6 Å². The van der Waals surface area contributed by atoms with Crippen molar-refractivity contribution in [3.8, 4) is 0 Å². The maximum Gasteiger partial charge on any atom is 0.229 e. The van der Waals surface area contributed by atoms with Crippen LogP contribution in [0.1, 0.15) is 58.4 Å². The molecule has 0 heterocycles. The first-order valence-corrected chi connectivity index (χ1v) is 8.14. The van der Waals surface area contributed by atoms with Gasteiger partial charge in [-0.3, -0.25) is 4.79 Å². The highest BCUT2D eigenvalue weighted by molar-refractivity contribution is 5.83. The Morgan fingerprint density at radius 3 is 2.52 bits per heavy atom. The minimum atomic E-state index is -0.120. The van der Waals surface area contributed by atoms with Gasteiger partial charge in [-0.2, -0.15) is 0 Å². The molecular weight excluding hydrogens is 260 g/mol. The fraction of sp³-hybridized carbons (Fsp3) is 0.611. The molecule has 2 N–H and O–H groups in total. The van der Waals surface area contributed by atoms with Crippen LogP contribution in [0, 0.1) is 5.41 Å². The van der Waals surface area contributed by atoms with E-state index in [-0.39, 0.29) is 11.5 Å². The van der Waals surface area contributed by atoms with Crippen molar-refractivity contribution in [3.63, 3.8) is 0 Å². The van der Waals surface area contributed by atoms with Crippen molar-refractivity contribution in [2.24, 2.45) is 5.41 Å². The predicted octanol–water partition coefficient (Wildman–Crippen LogP) is 3.98. The van der Waals surface area contributed by atoms with E-state index < -0.39 is 0 Å². The second-order valence-electron chi connectivity index (χ2n) is 6.61. The van der Waals surface area contributed by atoms with E-state index in [4.69, 9.17) is 5.73 Å². The summed E-state index contributed by atoms with van der Waals surface area (Å²) in [4.78, 5) is 15.2. The lowest BCUT2D eigenvalue weighted by molar-refractivity contribution is -0.144. The predicted molar refractivity (Wildman–Crippen MR) is 87.7 cm³/mol. The van der Waals surface area contributed by atoms with Crippen LogP contribution in [0.15, 0.2) is 24.3 Å². The summed E-state index contributed by atoms with van der Waals surface area (Å²) >= 11 is 0. The zero-order chi connectivity index (χ0) is 15.5. The van der Waals surface area contributed by atoms with Crippen LogP contribution in [0.3, 0.4) is 0 Å². The number of carbonyl (C=O) groups is 1. The molecule has 0 radical (unpaired) electrons. The molecular formula is C18H28N2O. The minimum Gasteiger partial charge on any atom is -0.399 e. The molecule has 0 aliphatic heterocycles. The third kappa shape index (κ3) is 3.39. The third-order valence-electron chi connectivity index (χ3n) is 4.88. The molecule has 0 aromatic heterocycles. The van der Waals surface area contributed by atoms with E-state index in [1.165, 1.54) is 12.8 Å². The van der Waals surface area contributed by atoms with Crippen LogP contribution in [-0.2, 0) is 11.3 Å². The summed E-state index contributed by atoms with van der Waals surface area (Å²) in [5.74, 6) is 0.333. The van der Waals surface area contributed by atoms with Gasteiger partial charge in [0.15, 0.2) is 0 Å². The first-order chi connectivity index (χ1) is 9.98. The van der Waals surface area contributed by atoms with Crippen molar-refractivity contribution in [2.45, 2.75) is 65.5 Å². The number of carbonyl (C=O) groups excluding carboxylic acids is 1. The second kappa shape index (κ2) is 6.50. The molecule has 2 rings (SSSR count). The van der Waals surface area contributed by atoms with Crippen molar-refractivity contribution in [1.29, 1.82) is 0 Å². The summed E-state index contributed by atoms with van der Waals surface area (Å²) in [6.45, 7) is 7.01. The Labute approximate surface area is 128 Å². The van der Waals surface area contributed by atoms with Gasteiger partial charge in [-0.1, -0.05) is 31.9 Å².